The molecule has 0 aliphatic rings. The van der Waals surface area contributed by atoms with Crippen LogP contribution in [0, 0.1) is 0 Å². The number of rotatable bonds is 15. The van der Waals surface area contributed by atoms with Gasteiger partial charge in [-0.25, -0.2) is 14.4 Å². The van der Waals surface area contributed by atoms with Gasteiger partial charge in [0.15, 0.2) is 0 Å². The van der Waals surface area contributed by atoms with E-state index in [1.54, 1.807) is 17.8 Å². The van der Waals surface area contributed by atoms with E-state index in [9.17, 15) is 14.4 Å². The van der Waals surface area contributed by atoms with Crippen molar-refractivity contribution in [3.63, 3.8) is 0 Å². The molecular weight excluding hydrogens is 524 g/mol. The molecule has 0 N–H and O–H groups in total. The number of esters is 3. The normalized spacial score (nSPS) is 10.6. The van der Waals surface area contributed by atoms with Gasteiger partial charge in [0, 0.05) is 41.2 Å². The van der Waals surface area contributed by atoms with Crippen LogP contribution in [0.3, 0.4) is 0 Å². The van der Waals surface area contributed by atoms with Gasteiger partial charge in [0.25, 0.3) is 0 Å². The maximum Gasteiger partial charge on any atom is 0.333 e. The van der Waals surface area contributed by atoms with Crippen molar-refractivity contribution < 1.29 is 28.6 Å². The van der Waals surface area contributed by atoms with Crippen LogP contribution < -0.4 is 0 Å². The molecule has 3 aromatic rings. The second-order valence-electron chi connectivity index (χ2n) is 8.70. The number of benzene rings is 3. The fourth-order valence-electron chi connectivity index (χ4n) is 3.55. The highest BCUT2D eigenvalue weighted by atomic mass is 32.2. The summed E-state index contributed by atoms with van der Waals surface area (Å²) in [4.78, 5) is 36.7. The molecule has 0 atom stereocenters. The van der Waals surface area contributed by atoms with Crippen molar-refractivity contribution in [2.24, 2.45) is 0 Å². The summed E-state index contributed by atoms with van der Waals surface area (Å²) < 4.78 is 15.7. The van der Waals surface area contributed by atoms with Gasteiger partial charge in [-0.2, -0.15) is 0 Å². The third-order valence-electron chi connectivity index (χ3n) is 5.60. The van der Waals surface area contributed by atoms with Crippen LogP contribution in [0.15, 0.2) is 115 Å². The van der Waals surface area contributed by atoms with E-state index in [0.717, 1.165) is 33.2 Å². The molecule has 3 rings (SSSR count). The Morgan fingerprint density at radius 2 is 1.52 bits per heavy atom. The standard InChI is InChI=1S/C33H32O6S/c1-3-31(34)39-24-29-9-7-8-28(23-29)22-25(2)33(36)38-19-18-27-14-12-26(13-15-27)16-17-32(35)37-20-21-40-30-10-5-4-6-11-30/h3-17,23H,1-2,18-22,24H2/b17-16+. The Bertz CT molecular complexity index is 1330. The van der Waals surface area contributed by atoms with E-state index in [1.165, 1.54) is 6.08 Å². The molecule has 206 valence electrons. The first-order valence-electron chi connectivity index (χ1n) is 12.8. The fraction of sp³-hybridized carbons (Fsp3) is 0.182. The second kappa shape index (κ2) is 16.6. The van der Waals surface area contributed by atoms with E-state index in [0.29, 0.717) is 30.8 Å². The van der Waals surface area contributed by atoms with E-state index in [2.05, 4.69) is 13.2 Å². The number of carbonyl (C=O) groups is 3. The molecule has 0 unspecified atom stereocenters. The molecule has 3 aromatic carbocycles. The van der Waals surface area contributed by atoms with Gasteiger partial charge in [-0.3, -0.25) is 0 Å². The minimum absolute atomic E-state index is 0.128. The van der Waals surface area contributed by atoms with E-state index >= 15 is 0 Å². The molecule has 0 aromatic heterocycles. The summed E-state index contributed by atoms with van der Waals surface area (Å²) >= 11 is 1.64. The van der Waals surface area contributed by atoms with Gasteiger partial charge in [-0.15, -0.1) is 11.8 Å². The molecule has 0 saturated carbocycles. The summed E-state index contributed by atoms with van der Waals surface area (Å²) in [6.45, 7) is 7.92. The van der Waals surface area contributed by atoms with E-state index in [1.807, 2.05) is 78.9 Å². The number of ether oxygens (including phenoxy) is 3. The molecule has 0 spiro atoms. The Morgan fingerprint density at radius 1 is 0.775 bits per heavy atom. The van der Waals surface area contributed by atoms with Crippen LogP contribution in [0.2, 0.25) is 0 Å². The lowest BCUT2D eigenvalue weighted by atomic mass is 10.0. The zero-order chi connectivity index (χ0) is 28.6. The largest absolute Gasteiger partial charge is 0.462 e. The van der Waals surface area contributed by atoms with Crippen molar-refractivity contribution in [2.45, 2.75) is 24.3 Å². The lowest BCUT2D eigenvalue weighted by Crippen LogP contribution is -2.11. The highest BCUT2D eigenvalue weighted by Gasteiger charge is 2.10. The van der Waals surface area contributed by atoms with E-state index in [4.69, 9.17) is 14.2 Å². The number of thioether (sulfide) groups is 1. The molecule has 0 heterocycles. The molecule has 0 amide bonds. The Morgan fingerprint density at radius 3 is 2.27 bits per heavy atom. The Labute approximate surface area is 239 Å². The van der Waals surface area contributed by atoms with Gasteiger partial charge < -0.3 is 14.2 Å². The van der Waals surface area contributed by atoms with Crippen molar-refractivity contribution in [1.29, 1.82) is 0 Å². The lowest BCUT2D eigenvalue weighted by Gasteiger charge is -2.09. The van der Waals surface area contributed by atoms with Gasteiger partial charge in [0.2, 0.25) is 0 Å². The molecule has 0 aliphatic carbocycles. The number of carbonyl (C=O) groups excluding carboxylic acids is 3. The van der Waals surface area contributed by atoms with Gasteiger partial charge >= 0.3 is 17.9 Å². The van der Waals surface area contributed by atoms with Crippen LogP contribution in [0.1, 0.15) is 22.3 Å². The Hall–Kier alpha value is -4.36. The summed E-state index contributed by atoms with van der Waals surface area (Å²) in [5.74, 6) is -0.635. The van der Waals surface area contributed by atoms with Crippen LogP contribution in [0.5, 0.6) is 0 Å². The molecule has 6 nitrogen and oxygen atoms in total. The lowest BCUT2D eigenvalue weighted by molar-refractivity contribution is -0.139. The Kier molecular flexibility index (Phi) is 12.5. The second-order valence-corrected chi connectivity index (χ2v) is 9.87. The third-order valence-corrected chi connectivity index (χ3v) is 6.58. The van der Waals surface area contributed by atoms with Crippen LogP contribution in [-0.2, 0) is 48.0 Å². The smallest absolute Gasteiger partial charge is 0.333 e. The fourth-order valence-corrected chi connectivity index (χ4v) is 4.30. The van der Waals surface area contributed by atoms with Crippen LogP contribution >= 0.6 is 11.8 Å². The minimum atomic E-state index is -0.491. The number of hydrogen-bond donors (Lipinski definition) is 0. The minimum Gasteiger partial charge on any atom is -0.462 e. The SMILES string of the molecule is C=CC(=O)OCc1cccc(CC(=C)C(=O)OCCc2ccc(/C=C/C(=O)OCCSc3ccccc3)cc2)c1. The summed E-state index contributed by atoms with van der Waals surface area (Å²) in [7, 11) is 0. The van der Waals surface area contributed by atoms with E-state index < -0.39 is 11.9 Å². The maximum absolute atomic E-state index is 12.4. The zero-order valence-electron chi connectivity index (χ0n) is 22.3. The molecule has 0 aliphatic heterocycles. The van der Waals surface area contributed by atoms with Crippen LogP contribution in [-0.4, -0.2) is 36.9 Å². The monoisotopic (exact) mass is 556 g/mol. The summed E-state index contributed by atoms with van der Waals surface area (Å²) in [5, 5.41) is 0. The first kappa shape index (κ1) is 30.2. The van der Waals surface area contributed by atoms with Crippen molar-refractivity contribution in [2.75, 3.05) is 19.0 Å². The highest BCUT2D eigenvalue weighted by Crippen LogP contribution is 2.16. The average molecular weight is 557 g/mol. The topological polar surface area (TPSA) is 78.9 Å². The van der Waals surface area contributed by atoms with E-state index in [-0.39, 0.29) is 19.2 Å². The highest BCUT2D eigenvalue weighted by molar-refractivity contribution is 7.99. The third kappa shape index (κ3) is 11.2. The van der Waals surface area contributed by atoms with Gasteiger partial charge in [-0.1, -0.05) is 79.9 Å². The van der Waals surface area contributed by atoms with Crippen LogP contribution in [0.25, 0.3) is 6.08 Å². The van der Waals surface area contributed by atoms with Crippen LogP contribution in [0.4, 0.5) is 0 Å². The maximum atomic E-state index is 12.4. The molecule has 7 heteroatoms. The molecule has 40 heavy (non-hydrogen) atoms. The Balaban J connectivity index is 1.34. The van der Waals surface area contributed by atoms with Gasteiger partial charge in [-0.05, 0) is 40.5 Å². The summed E-state index contributed by atoms with van der Waals surface area (Å²) in [6.07, 6.45) is 5.12. The predicted molar refractivity (Wildman–Crippen MR) is 158 cm³/mol. The quantitative estimate of drug-likeness (QED) is 0.0731. The van der Waals surface area contributed by atoms with Crippen molar-refractivity contribution in [3.05, 3.63) is 132 Å². The van der Waals surface area contributed by atoms with Crippen molar-refractivity contribution in [1.82, 2.24) is 0 Å². The molecule has 0 fully saturated rings. The van der Waals surface area contributed by atoms with Crippen molar-refractivity contribution >= 4 is 35.7 Å². The molecule has 0 saturated heterocycles. The first-order chi connectivity index (χ1) is 19.4. The molecular formula is C33H32O6S. The average Bonchev–Trinajstić information content (AvgIpc) is 2.98. The van der Waals surface area contributed by atoms with Gasteiger partial charge in [0.05, 0.1) is 6.61 Å². The molecule has 0 radical (unpaired) electrons. The first-order valence-corrected chi connectivity index (χ1v) is 13.7. The summed E-state index contributed by atoms with van der Waals surface area (Å²) in [6, 6.07) is 25.0. The molecule has 0 bridgehead atoms. The predicted octanol–water partition coefficient (Wildman–Crippen LogP) is 6.15. The summed E-state index contributed by atoms with van der Waals surface area (Å²) in [5.41, 5.74) is 3.88. The zero-order valence-corrected chi connectivity index (χ0v) is 23.1. The van der Waals surface area contributed by atoms with Gasteiger partial charge in [0.1, 0.15) is 13.2 Å². The van der Waals surface area contributed by atoms with Crippen molar-refractivity contribution in [3.8, 4) is 0 Å². The number of hydrogen-bond acceptors (Lipinski definition) is 7.